The number of benzene rings is 1. The Morgan fingerprint density at radius 2 is 2.00 bits per heavy atom. The van der Waals surface area contributed by atoms with Crippen molar-refractivity contribution in [3.05, 3.63) is 49.5 Å². The monoisotopic (exact) mass is 410 g/mol. The van der Waals surface area contributed by atoms with Crippen LogP contribution in [0.4, 0.5) is 10.5 Å². The molecule has 0 radical (unpaired) electrons. The molecule has 0 saturated carbocycles. The third-order valence-corrected chi connectivity index (χ3v) is 4.49. The molecule has 11 heteroatoms. The van der Waals surface area contributed by atoms with Crippen LogP contribution < -0.4 is 5.69 Å². The lowest BCUT2D eigenvalue weighted by Crippen LogP contribution is -2.43. The molecule has 1 aromatic heterocycles. The van der Waals surface area contributed by atoms with E-state index in [1.807, 2.05) is 0 Å². The second-order valence-electron chi connectivity index (χ2n) is 7.33. The van der Waals surface area contributed by atoms with E-state index in [9.17, 15) is 24.8 Å². The third kappa shape index (κ3) is 3.55. The van der Waals surface area contributed by atoms with Crippen LogP contribution >= 0.6 is 11.6 Å². The summed E-state index contributed by atoms with van der Waals surface area (Å²) in [5.74, 6) is -0.381. The van der Waals surface area contributed by atoms with Gasteiger partial charge in [-0.15, -0.1) is 0 Å². The molecule has 1 aliphatic rings. The van der Waals surface area contributed by atoms with Gasteiger partial charge in [0.1, 0.15) is 11.3 Å². The molecule has 3 rings (SSSR count). The van der Waals surface area contributed by atoms with Crippen molar-refractivity contribution < 1.29 is 19.6 Å². The molecule has 1 amide bonds. The maximum absolute atomic E-state index is 12.7. The van der Waals surface area contributed by atoms with Gasteiger partial charge in [-0.1, -0.05) is 11.6 Å². The number of non-ortho nitro benzene ring substituents is 1. The predicted octanol–water partition coefficient (Wildman–Crippen LogP) is 2.66. The van der Waals surface area contributed by atoms with E-state index in [-0.39, 0.29) is 47.6 Å². The number of rotatable bonds is 2. The lowest BCUT2D eigenvalue weighted by Gasteiger charge is -2.30. The first-order chi connectivity index (χ1) is 13.0. The fourth-order valence-corrected chi connectivity index (χ4v) is 3.19. The fraction of sp³-hybridized carbons (Fsp3) is 0.412. The predicted molar refractivity (Wildman–Crippen MR) is 100 cm³/mol. The number of nitro groups is 1. The van der Waals surface area contributed by atoms with Gasteiger partial charge in [0.05, 0.1) is 22.2 Å². The molecule has 0 saturated heterocycles. The normalized spacial score (nSPS) is 13.9. The van der Waals surface area contributed by atoms with Crippen LogP contribution in [-0.2, 0) is 17.8 Å². The number of carbonyl (C=O) groups excluding carboxylic acids is 1. The summed E-state index contributed by atoms with van der Waals surface area (Å²) in [7, 11) is 0. The van der Waals surface area contributed by atoms with Gasteiger partial charge in [-0.05, 0) is 26.8 Å². The van der Waals surface area contributed by atoms with Crippen LogP contribution in [0.1, 0.15) is 26.5 Å². The van der Waals surface area contributed by atoms with Gasteiger partial charge in [-0.25, -0.2) is 14.2 Å². The molecule has 0 aliphatic carbocycles. The van der Waals surface area contributed by atoms with Gasteiger partial charge >= 0.3 is 11.8 Å². The van der Waals surface area contributed by atoms with Gasteiger partial charge in [0, 0.05) is 25.2 Å². The molecular formula is C17H19ClN4O6. The highest BCUT2D eigenvalue weighted by Crippen LogP contribution is 2.30. The van der Waals surface area contributed by atoms with E-state index in [2.05, 4.69) is 0 Å². The summed E-state index contributed by atoms with van der Waals surface area (Å²) in [4.78, 5) is 36.7. The average Bonchev–Trinajstić information content (AvgIpc) is 2.84. The van der Waals surface area contributed by atoms with Crippen LogP contribution in [0.15, 0.2) is 23.0 Å². The zero-order valence-corrected chi connectivity index (χ0v) is 16.3. The first-order valence-electron chi connectivity index (χ1n) is 8.45. The number of nitro benzene ring substituents is 1. The van der Waals surface area contributed by atoms with Crippen molar-refractivity contribution in [3.8, 4) is 11.6 Å². The van der Waals surface area contributed by atoms with Crippen molar-refractivity contribution in [2.24, 2.45) is 0 Å². The Kier molecular flexibility index (Phi) is 4.84. The zero-order valence-electron chi connectivity index (χ0n) is 15.5. The van der Waals surface area contributed by atoms with Crippen LogP contribution in [0.2, 0.25) is 5.02 Å². The Balaban J connectivity index is 1.98. The van der Waals surface area contributed by atoms with Crippen molar-refractivity contribution in [2.75, 3.05) is 6.54 Å². The molecule has 0 atom stereocenters. The molecule has 150 valence electrons. The smallest absolute Gasteiger partial charge is 0.410 e. The standard InChI is InChI=1S/C17H19ClN4O6/c1-17(2,3)28-16(25)19-6-7-20-13(9-19)14(23)21(15(20)24)12-5-4-10(22(26)27)8-11(12)18/h4-5,8,23H,6-7,9H2,1-3H3. The number of aromatic hydroxyl groups is 1. The molecule has 28 heavy (non-hydrogen) atoms. The number of halogens is 1. The van der Waals surface area contributed by atoms with Gasteiger partial charge in [0.15, 0.2) is 0 Å². The van der Waals surface area contributed by atoms with Crippen LogP contribution in [0.25, 0.3) is 5.69 Å². The summed E-state index contributed by atoms with van der Waals surface area (Å²) in [5.41, 5.74) is -1.11. The molecule has 0 fully saturated rings. The van der Waals surface area contributed by atoms with E-state index >= 15 is 0 Å². The number of imidazole rings is 1. The highest BCUT2D eigenvalue weighted by molar-refractivity contribution is 6.32. The topological polar surface area (TPSA) is 120 Å². The summed E-state index contributed by atoms with van der Waals surface area (Å²) < 4.78 is 7.65. The van der Waals surface area contributed by atoms with Gasteiger partial charge < -0.3 is 14.7 Å². The molecule has 0 bridgehead atoms. The lowest BCUT2D eigenvalue weighted by atomic mass is 10.2. The molecule has 2 heterocycles. The Morgan fingerprint density at radius 1 is 1.32 bits per heavy atom. The highest BCUT2D eigenvalue weighted by atomic mass is 35.5. The quantitative estimate of drug-likeness (QED) is 0.600. The number of carbonyl (C=O) groups is 1. The fourth-order valence-electron chi connectivity index (χ4n) is 2.93. The second kappa shape index (κ2) is 6.86. The Labute approximate surface area is 164 Å². The summed E-state index contributed by atoms with van der Waals surface area (Å²) in [6, 6.07) is 3.59. The van der Waals surface area contributed by atoms with E-state index in [1.165, 1.54) is 21.6 Å². The summed E-state index contributed by atoms with van der Waals surface area (Å²) in [6.45, 7) is 5.62. The van der Waals surface area contributed by atoms with Crippen molar-refractivity contribution in [3.63, 3.8) is 0 Å². The van der Waals surface area contributed by atoms with Crippen molar-refractivity contribution in [1.82, 2.24) is 14.0 Å². The maximum Gasteiger partial charge on any atom is 0.410 e. The Bertz CT molecular complexity index is 1020. The largest absolute Gasteiger partial charge is 0.493 e. The van der Waals surface area contributed by atoms with Crippen molar-refractivity contribution >= 4 is 23.4 Å². The molecule has 2 aromatic rings. The van der Waals surface area contributed by atoms with Crippen LogP contribution in [-0.4, -0.2) is 42.3 Å². The first kappa shape index (κ1) is 19.7. The maximum atomic E-state index is 12.7. The Hall–Kier alpha value is -3.01. The number of amides is 1. The van der Waals surface area contributed by atoms with Crippen LogP contribution in [0, 0.1) is 10.1 Å². The first-order valence-corrected chi connectivity index (χ1v) is 8.83. The lowest BCUT2D eigenvalue weighted by molar-refractivity contribution is -0.384. The molecule has 1 N–H and O–H groups in total. The number of hydrogen-bond donors (Lipinski definition) is 1. The van der Waals surface area contributed by atoms with E-state index in [1.54, 1.807) is 20.8 Å². The van der Waals surface area contributed by atoms with E-state index in [4.69, 9.17) is 16.3 Å². The molecule has 10 nitrogen and oxygen atoms in total. The number of fused-ring (bicyclic) bond motifs is 1. The van der Waals surface area contributed by atoms with Crippen molar-refractivity contribution in [2.45, 2.75) is 39.5 Å². The van der Waals surface area contributed by atoms with Gasteiger partial charge in [0.2, 0.25) is 5.88 Å². The number of ether oxygens (including phenoxy) is 1. The van der Waals surface area contributed by atoms with Crippen molar-refractivity contribution in [1.29, 1.82) is 0 Å². The molecule has 1 aliphatic heterocycles. The SMILES string of the molecule is CC(C)(C)OC(=O)N1CCn2c(c(O)n(-c3ccc([N+](=O)[O-])cc3Cl)c2=O)C1. The number of aromatic nitrogens is 2. The average molecular weight is 411 g/mol. The minimum atomic E-state index is -0.672. The Morgan fingerprint density at radius 3 is 2.57 bits per heavy atom. The van der Waals surface area contributed by atoms with Crippen LogP contribution in [0.5, 0.6) is 5.88 Å². The van der Waals surface area contributed by atoms with Gasteiger partial charge in [-0.3, -0.25) is 14.7 Å². The van der Waals surface area contributed by atoms with E-state index in [0.29, 0.717) is 0 Å². The zero-order chi connectivity index (χ0) is 20.8. The molecule has 1 aromatic carbocycles. The summed E-state index contributed by atoms with van der Waals surface area (Å²) >= 11 is 6.10. The molecule has 0 spiro atoms. The summed E-state index contributed by atoms with van der Waals surface area (Å²) in [6.07, 6.45) is -0.549. The van der Waals surface area contributed by atoms with Gasteiger partial charge in [0.25, 0.3) is 5.69 Å². The minimum absolute atomic E-state index is 0.0203. The molecular weight excluding hydrogens is 392 g/mol. The van der Waals surface area contributed by atoms with E-state index < -0.39 is 22.3 Å². The number of nitrogens with zero attached hydrogens (tertiary/aromatic N) is 4. The number of hydrogen-bond acceptors (Lipinski definition) is 6. The second-order valence-corrected chi connectivity index (χ2v) is 7.74. The van der Waals surface area contributed by atoms with E-state index in [0.717, 1.165) is 10.6 Å². The van der Waals surface area contributed by atoms with Crippen LogP contribution in [0.3, 0.4) is 0 Å². The third-order valence-electron chi connectivity index (χ3n) is 4.19. The molecule has 0 unspecified atom stereocenters. The minimum Gasteiger partial charge on any atom is -0.493 e. The summed E-state index contributed by atoms with van der Waals surface area (Å²) in [5, 5.41) is 21.4. The highest BCUT2D eigenvalue weighted by Gasteiger charge is 2.31. The van der Waals surface area contributed by atoms with Gasteiger partial charge in [-0.2, -0.15) is 0 Å².